The van der Waals surface area contributed by atoms with E-state index in [-0.39, 0.29) is 18.2 Å². The van der Waals surface area contributed by atoms with E-state index < -0.39 is 11.0 Å². The van der Waals surface area contributed by atoms with Crippen LogP contribution in [0.1, 0.15) is 33.1 Å². The number of nitrogens with zero attached hydrogens (tertiary/aromatic N) is 3. The number of piperidine rings is 1. The van der Waals surface area contributed by atoms with Crippen LogP contribution in [-0.2, 0) is 9.59 Å². The number of amides is 2. The second-order valence-corrected chi connectivity index (χ2v) is 6.04. The maximum absolute atomic E-state index is 12.3. The minimum atomic E-state index is -0.922. The van der Waals surface area contributed by atoms with Crippen molar-refractivity contribution in [1.29, 1.82) is 5.26 Å². The summed E-state index contributed by atoms with van der Waals surface area (Å²) in [6, 6.07) is 2.24. The van der Waals surface area contributed by atoms with Gasteiger partial charge in [0.05, 0.1) is 11.5 Å². The fraction of sp³-hybridized carbons (Fsp3) is 0.769. The first-order chi connectivity index (χ1) is 8.32. The molecule has 0 aromatic rings. The first-order valence-corrected chi connectivity index (χ1v) is 6.30. The molecule has 2 aliphatic heterocycles. The van der Waals surface area contributed by atoms with E-state index in [1.165, 1.54) is 4.90 Å². The lowest BCUT2D eigenvalue weighted by molar-refractivity contribution is -0.147. The highest BCUT2D eigenvalue weighted by molar-refractivity contribution is 6.06. The molecule has 0 aliphatic carbocycles. The Morgan fingerprint density at radius 2 is 1.78 bits per heavy atom. The molecule has 0 N–H and O–H groups in total. The van der Waals surface area contributed by atoms with E-state index in [2.05, 4.69) is 11.0 Å². The minimum absolute atomic E-state index is 0.196. The van der Waals surface area contributed by atoms with E-state index in [1.54, 1.807) is 13.8 Å². The number of carbonyl (C=O) groups excluding carboxylic acids is 2. The Morgan fingerprint density at radius 3 is 2.17 bits per heavy atom. The van der Waals surface area contributed by atoms with Gasteiger partial charge in [-0.2, -0.15) is 5.26 Å². The highest BCUT2D eigenvalue weighted by atomic mass is 16.2. The summed E-state index contributed by atoms with van der Waals surface area (Å²) >= 11 is 0. The normalized spacial score (nSPS) is 27.3. The highest BCUT2D eigenvalue weighted by Gasteiger charge is 2.54. The van der Waals surface area contributed by atoms with E-state index >= 15 is 0 Å². The average molecular weight is 249 g/mol. The Hall–Kier alpha value is -1.41. The fourth-order valence-corrected chi connectivity index (χ4v) is 2.76. The first kappa shape index (κ1) is 13.0. The zero-order valence-corrected chi connectivity index (χ0v) is 11.2. The molecule has 18 heavy (non-hydrogen) atoms. The molecule has 2 amide bonds. The van der Waals surface area contributed by atoms with Gasteiger partial charge in [-0.15, -0.1) is 0 Å². The van der Waals surface area contributed by atoms with Crippen molar-refractivity contribution in [2.75, 3.05) is 20.1 Å². The van der Waals surface area contributed by atoms with Gasteiger partial charge in [0, 0.05) is 19.5 Å². The second kappa shape index (κ2) is 4.06. The van der Waals surface area contributed by atoms with Gasteiger partial charge >= 0.3 is 0 Å². The van der Waals surface area contributed by atoms with Gasteiger partial charge < -0.3 is 4.90 Å². The van der Waals surface area contributed by atoms with Crippen LogP contribution in [0.15, 0.2) is 0 Å². The summed E-state index contributed by atoms with van der Waals surface area (Å²) in [6.45, 7) is 5.02. The first-order valence-electron chi connectivity index (χ1n) is 6.30. The number of rotatable bonds is 1. The standard InChI is InChI=1S/C13H19N3O2/c1-12(2)8-10(17)16(11(12)18)13(9-14)4-6-15(3)7-5-13/h4-8H2,1-3H3. The topological polar surface area (TPSA) is 64.4 Å². The molecule has 0 aromatic carbocycles. The SMILES string of the molecule is CN1CCC(C#N)(N2C(=O)CC(C)(C)C2=O)CC1. The van der Waals surface area contributed by atoms with Gasteiger partial charge in [-0.05, 0) is 19.9 Å². The maximum atomic E-state index is 12.3. The van der Waals surface area contributed by atoms with E-state index in [9.17, 15) is 14.9 Å². The molecule has 0 atom stereocenters. The van der Waals surface area contributed by atoms with Gasteiger partial charge in [-0.3, -0.25) is 14.5 Å². The lowest BCUT2D eigenvalue weighted by atomic mass is 9.86. The third-order valence-electron chi connectivity index (χ3n) is 4.07. The van der Waals surface area contributed by atoms with Crippen LogP contribution in [-0.4, -0.2) is 47.3 Å². The quantitative estimate of drug-likeness (QED) is 0.644. The molecule has 0 saturated carbocycles. The number of hydrogen-bond donors (Lipinski definition) is 0. The number of imide groups is 1. The van der Waals surface area contributed by atoms with Crippen molar-refractivity contribution in [1.82, 2.24) is 9.80 Å². The van der Waals surface area contributed by atoms with Crippen molar-refractivity contribution >= 4 is 11.8 Å². The molecule has 2 fully saturated rings. The second-order valence-electron chi connectivity index (χ2n) is 6.04. The summed E-state index contributed by atoms with van der Waals surface area (Å²) in [5, 5.41) is 9.48. The van der Waals surface area contributed by atoms with Gasteiger partial charge in [-0.1, -0.05) is 13.8 Å². The van der Waals surface area contributed by atoms with Crippen LogP contribution < -0.4 is 0 Å². The Bertz CT molecular complexity index is 428. The Morgan fingerprint density at radius 1 is 1.22 bits per heavy atom. The van der Waals surface area contributed by atoms with Crippen molar-refractivity contribution in [2.45, 2.75) is 38.6 Å². The predicted octanol–water partition coefficient (Wildman–Crippen LogP) is 0.759. The monoisotopic (exact) mass is 249 g/mol. The zero-order valence-electron chi connectivity index (χ0n) is 11.2. The van der Waals surface area contributed by atoms with E-state index in [1.807, 2.05) is 7.05 Å². The Labute approximate surface area is 107 Å². The summed E-state index contributed by atoms with van der Waals surface area (Å²) in [5.41, 5.74) is -1.58. The number of likely N-dealkylation sites (tertiary alicyclic amines) is 2. The van der Waals surface area contributed by atoms with E-state index in [4.69, 9.17) is 0 Å². The Balaban J connectivity index is 2.32. The van der Waals surface area contributed by atoms with Crippen LogP contribution in [0.3, 0.4) is 0 Å². The summed E-state index contributed by atoms with van der Waals surface area (Å²) in [7, 11) is 1.98. The smallest absolute Gasteiger partial charge is 0.236 e. The average Bonchev–Trinajstić information content (AvgIpc) is 2.51. The third kappa shape index (κ3) is 1.81. The number of hydrogen-bond acceptors (Lipinski definition) is 4. The third-order valence-corrected chi connectivity index (χ3v) is 4.07. The van der Waals surface area contributed by atoms with Crippen LogP contribution in [0.5, 0.6) is 0 Å². The van der Waals surface area contributed by atoms with Gasteiger partial charge in [0.25, 0.3) is 0 Å². The van der Waals surface area contributed by atoms with E-state index in [0.29, 0.717) is 12.8 Å². The van der Waals surface area contributed by atoms with Crippen LogP contribution in [0.25, 0.3) is 0 Å². The van der Waals surface area contributed by atoms with Crippen molar-refractivity contribution < 1.29 is 9.59 Å². The molecule has 2 saturated heterocycles. The molecule has 0 unspecified atom stereocenters. The van der Waals surface area contributed by atoms with Gasteiger partial charge in [-0.25, -0.2) is 0 Å². The molecule has 2 heterocycles. The van der Waals surface area contributed by atoms with Crippen molar-refractivity contribution in [2.24, 2.45) is 5.41 Å². The summed E-state index contributed by atoms with van der Waals surface area (Å²) in [6.07, 6.45) is 1.31. The van der Waals surface area contributed by atoms with Crippen LogP contribution in [0, 0.1) is 16.7 Å². The lowest BCUT2D eigenvalue weighted by Crippen LogP contribution is -2.56. The van der Waals surface area contributed by atoms with Crippen molar-refractivity contribution in [3.05, 3.63) is 0 Å². The lowest BCUT2D eigenvalue weighted by Gasteiger charge is -2.41. The minimum Gasteiger partial charge on any atom is -0.306 e. The summed E-state index contributed by atoms with van der Waals surface area (Å²) < 4.78 is 0. The van der Waals surface area contributed by atoms with Crippen LogP contribution in [0.2, 0.25) is 0 Å². The largest absolute Gasteiger partial charge is 0.306 e. The van der Waals surface area contributed by atoms with Gasteiger partial charge in [0.15, 0.2) is 0 Å². The molecule has 5 heteroatoms. The zero-order chi connectivity index (χ0) is 13.6. The summed E-state index contributed by atoms with van der Waals surface area (Å²) in [4.78, 5) is 27.8. The summed E-state index contributed by atoms with van der Waals surface area (Å²) in [5.74, 6) is -0.394. The molecule has 5 nitrogen and oxygen atoms in total. The van der Waals surface area contributed by atoms with Crippen molar-refractivity contribution in [3.63, 3.8) is 0 Å². The van der Waals surface area contributed by atoms with Crippen LogP contribution in [0.4, 0.5) is 0 Å². The molecule has 2 rings (SSSR count). The van der Waals surface area contributed by atoms with Gasteiger partial charge in [0.2, 0.25) is 11.8 Å². The highest BCUT2D eigenvalue weighted by Crippen LogP contribution is 2.39. The van der Waals surface area contributed by atoms with Gasteiger partial charge in [0.1, 0.15) is 5.54 Å². The molecular formula is C13H19N3O2. The predicted molar refractivity (Wildman–Crippen MR) is 65.3 cm³/mol. The molecule has 98 valence electrons. The molecule has 0 bridgehead atoms. The Kier molecular flexibility index (Phi) is 2.94. The molecule has 0 spiro atoms. The number of carbonyl (C=O) groups is 2. The molecule has 2 aliphatic rings. The maximum Gasteiger partial charge on any atom is 0.236 e. The van der Waals surface area contributed by atoms with Crippen LogP contribution >= 0.6 is 0 Å². The molecule has 0 radical (unpaired) electrons. The number of nitriles is 1. The fourth-order valence-electron chi connectivity index (χ4n) is 2.76. The van der Waals surface area contributed by atoms with Crippen molar-refractivity contribution in [3.8, 4) is 6.07 Å². The molecule has 0 aromatic heterocycles. The molecular weight excluding hydrogens is 230 g/mol. The van der Waals surface area contributed by atoms with E-state index in [0.717, 1.165) is 13.1 Å².